The Morgan fingerprint density at radius 3 is 2.15 bits per heavy atom. The van der Waals surface area contributed by atoms with Crippen molar-refractivity contribution < 1.29 is 9.53 Å². The molecule has 1 aromatic carbocycles. The molecule has 0 heterocycles. The van der Waals surface area contributed by atoms with Gasteiger partial charge in [-0.25, -0.2) is 0 Å². The van der Waals surface area contributed by atoms with Crippen molar-refractivity contribution in [3.63, 3.8) is 0 Å². The maximum absolute atomic E-state index is 11.8. The number of carbonyl (C=O) groups excluding carboxylic acids is 1. The summed E-state index contributed by atoms with van der Waals surface area (Å²) in [6.07, 6.45) is 8.57. The fourth-order valence-electron chi connectivity index (χ4n) is 5.99. The normalized spacial score (nSPS) is 30.9. The fourth-order valence-corrected chi connectivity index (χ4v) is 5.99. The van der Waals surface area contributed by atoms with Crippen molar-refractivity contribution in [1.82, 2.24) is 10.2 Å². The molecule has 0 spiro atoms. The summed E-state index contributed by atoms with van der Waals surface area (Å²) in [7, 11) is 3.99. The fraction of sp³-hybridized carbons (Fsp3) is 0.682. The summed E-state index contributed by atoms with van der Waals surface area (Å²) >= 11 is 0. The Hall–Kier alpha value is -1.26. The second-order valence-electron chi connectivity index (χ2n) is 9.16. The minimum Gasteiger partial charge on any atom is -0.484 e. The monoisotopic (exact) mass is 392 g/mol. The minimum atomic E-state index is -0.0583. The largest absolute Gasteiger partial charge is 0.484 e. The van der Waals surface area contributed by atoms with Gasteiger partial charge in [0.2, 0.25) is 0 Å². The third-order valence-corrected chi connectivity index (χ3v) is 6.76. The number of nitrogens with zero attached hydrogens (tertiary/aromatic N) is 1. The summed E-state index contributed by atoms with van der Waals surface area (Å²) in [5.74, 6) is 3.62. The van der Waals surface area contributed by atoms with Crippen molar-refractivity contribution in [3.05, 3.63) is 29.8 Å². The molecule has 27 heavy (non-hydrogen) atoms. The molecule has 1 amide bonds. The average Bonchev–Trinajstić information content (AvgIpc) is 2.59. The van der Waals surface area contributed by atoms with E-state index >= 15 is 0 Å². The van der Waals surface area contributed by atoms with E-state index in [1.807, 2.05) is 19.0 Å². The Balaban J connectivity index is 0.00000210. The molecule has 5 rings (SSSR count). The number of halogens is 1. The number of hydrogen-bond acceptors (Lipinski definition) is 3. The molecule has 0 atom stereocenters. The van der Waals surface area contributed by atoms with Gasteiger partial charge < -0.3 is 15.0 Å². The molecule has 5 heteroatoms. The molecule has 150 valence electrons. The van der Waals surface area contributed by atoms with Crippen LogP contribution in [0, 0.1) is 17.8 Å². The molecule has 4 aliphatic carbocycles. The zero-order valence-corrected chi connectivity index (χ0v) is 17.4. The van der Waals surface area contributed by atoms with Crippen molar-refractivity contribution in [2.75, 3.05) is 33.8 Å². The number of carbonyl (C=O) groups is 1. The van der Waals surface area contributed by atoms with Crippen molar-refractivity contribution in [1.29, 1.82) is 0 Å². The Kier molecular flexibility index (Phi) is 6.37. The van der Waals surface area contributed by atoms with Gasteiger partial charge in [-0.05, 0) is 93.5 Å². The summed E-state index contributed by atoms with van der Waals surface area (Å²) in [6.45, 7) is 1.58. The Morgan fingerprint density at radius 1 is 1.07 bits per heavy atom. The summed E-state index contributed by atoms with van der Waals surface area (Å²) in [5.41, 5.74) is 1.93. The molecule has 0 radical (unpaired) electrons. The molecule has 0 aromatic heterocycles. The van der Waals surface area contributed by atoms with E-state index in [-0.39, 0.29) is 24.9 Å². The number of likely N-dealkylation sites (N-methyl/N-ethyl adjacent to an activating group) is 1. The van der Waals surface area contributed by atoms with Gasteiger partial charge in [0.05, 0.1) is 0 Å². The summed E-state index contributed by atoms with van der Waals surface area (Å²) in [5, 5.41) is 2.88. The molecule has 4 saturated carbocycles. The molecule has 1 N–H and O–H groups in total. The van der Waals surface area contributed by atoms with Crippen LogP contribution in [0.2, 0.25) is 0 Å². The van der Waals surface area contributed by atoms with Gasteiger partial charge in [0.1, 0.15) is 5.75 Å². The minimum absolute atomic E-state index is 0. The molecule has 4 fully saturated rings. The number of ether oxygens (including phenoxy) is 1. The predicted octanol–water partition coefficient (Wildman–Crippen LogP) is 3.63. The lowest BCUT2D eigenvalue weighted by molar-refractivity contribution is -0.123. The average molecular weight is 393 g/mol. The van der Waals surface area contributed by atoms with Crippen LogP contribution in [0.3, 0.4) is 0 Å². The molecule has 4 bridgehead atoms. The number of rotatable bonds is 7. The summed E-state index contributed by atoms with van der Waals surface area (Å²) in [4.78, 5) is 13.9. The zero-order chi connectivity index (χ0) is 18.1. The number of nitrogens with one attached hydrogen (secondary N) is 1. The lowest BCUT2D eigenvalue weighted by Gasteiger charge is -2.57. The van der Waals surface area contributed by atoms with Crippen LogP contribution < -0.4 is 10.1 Å². The van der Waals surface area contributed by atoms with Gasteiger partial charge in [0.25, 0.3) is 5.91 Å². The Labute approximate surface area is 169 Å². The molecule has 4 nitrogen and oxygen atoms in total. The molecule has 0 unspecified atom stereocenters. The maximum Gasteiger partial charge on any atom is 0.257 e. The highest BCUT2D eigenvalue weighted by Gasteiger charge is 2.51. The number of hydrogen-bond donors (Lipinski definition) is 1. The van der Waals surface area contributed by atoms with Gasteiger partial charge in [-0.3, -0.25) is 4.79 Å². The van der Waals surface area contributed by atoms with E-state index in [1.54, 1.807) is 0 Å². The Bertz CT molecular complexity index is 609. The van der Waals surface area contributed by atoms with E-state index in [0.717, 1.165) is 30.0 Å². The number of benzene rings is 1. The first-order valence-electron chi connectivity index (χ1n) is 10.2. The van der Waals surface area contributed by atoms with Crippen LogP contribution in [0.25, 0.3) is 0 Å². The first-order valence-corrected chi connectivity index (χ1v) is 10.2. The van der Waals surface area contributed by atoms with Crippen LogP contribution in [0.4, 0.5) is 0 Å². The highest BCUT2D eigenvalue weighted by molar-refractivity contribution is 5.85. The van der Waals surface area contributed by atoms with Crippen molar-refractivity contribution in [2.24, 2.45) is 17.8 Å². The molecular weight excluding hydrogens is 360 g/mol. The van der Waals surface area contributed by atoms with Crippen LogP contribution in [0.5, 0.6) is 5.75 Å². The molecule has 1 aromatic rings. The molecule has 0 aliphatic heterocycles. The summed E-state index contributed by atoms with van der Waals surface area (Å²) in [6, 6.07) is 8.63. The first kappa shape index (κ1) is 20.5. The topological polar surface area (TPSA) is 41.6 Å². The molecular formula is C22H33ClN2O2. The van der Waals surface area contributed by atoms with E-state index in [2.05, 4.69) is 29.6 Å². The maximum atomic E-state index is 11.8. The van der Waals surface area contributed by atoms with Crippen LogP contribution in [-0.2, 0) is 10.2 Å². The van der Waals surface area contributed by atoms with Gasteiger partial charge in [0.15, 0.2) is 6.61 Å². The smallest absolute Gasteiger partial charge is 0.257 e. The lowest BCUT2D eigenvalue weighted by atomic mass is 9.48. The van der Waals surface area contributed by atoms with E-state index < -0.39 is 0 Å². The SMILES string of the molecule is CN(C)CCNC(=O)COc1ccc(C23CC4CC(CC(C4)C2)C3)cc1.Cl. The molecule has 0 saturated heterocycles. The van der Waals surface area contributed by atoms with Crippen LogP contribution in [-0.4, -0.2) is 44.6 Å². The van der Waals surface area contributed by atoms with E-state index in [0.29, 0.717) is 12.0 Å². The van der Waals surface area contributed by atoms with Gasteiger partial charge in [-0.1, -0.05) is 12.1 Å². The van der Waals surface area contributed by atoms with Gasteiger partial charge >= 0.3 is 0 Å². The predicted molar refractivity (Wildman–Crippen MR) is 111 cm³/mol. The van der Waals surface area contributed by atoms with Gasteiger partial charge in [-0.2, -0.15) is 0 Å². The van der Waals surface area contributed by atoms with Crippen molar-refractivity contribution >= 4 is 18.3 Å². The first-order chi connectivity index (χ1) is 12.5. The number of amides is 1. The lowest BCUT2D eigenvalue weighted by Crippen LogP contribution is -2.48. The summed E-state index contributed by atoms with van der Waals surface area (Å²) < 4.78 is 5.67. The standard InChI is InChI=1S/C22H32N2O2.ClH/c1-24(2)8-7-23-21(25)15-26-20-5-3-19(4-6-20)22-12-16-9-17(13-22)11-18(10-16)14-22;/h3-6,16-18H,7-15H2,1-2H3,(H,23,25);1H. The zero-order valence-electron chi connectivity index (χ0n) is 16.6. The second kappa shape index (κ2) is 8.40. The Morgan fingerprint density at radius 2 is 1.63 bits per heavy atom. The van der Waals surface area contributed by atoms with Gasteiger partial charge in [-0.15, -0.1) is 12.4 Å². The third-order valence-electron chi connectivity index (χ3n) is 6.76. The van der Waals surface area contributed by atoms with E-state index in [9.17, 15) is 4.79 Å². The van der Waals surface area contributed by atoms with Gasteiger partial charge in [0, 0.05) is 13.1 Å². The second-order valence-corrected chi connectivity index (χ2v) is 9.16. The highest BCUT2D eigenvalue weighted by Crippen LogP contribution is 2.60. The van der Waals surface area contributed by atoms with Crippen LogP contribution in [0.1, 0.15) is 44.1 Å². The quantitative estimate of drug-likeness (QED) is 0.770. The van der Waals surface area contributed by atoms with Crippen molar-refractivity contribution in [3.8, 4) is 5.75 Å². The van der Waals surface area contributed by atoms with E-state index in [4.69, 9.17) is 4.74 Å². The van der Waals surface area contributed by atoms with Crippen LogP contribution >= 0.6 is 12.4 Å². The van der Waals surface area contributed by atoms with Crippen LogP contribution in [0.15, 0.2) is 24.3 Å². The molecule has 4 aliphatic rings. The van der Waals surface area contributed by atoms with E-state index in [1.165, 1.54) is 44.1 Å². The van der Waals surface area contributed by atoms with Crippen molar-refractivity contribution in [2.45, 2.75) is 43.9 Å². The third kappa shape index (κ3) is 4.60. The highest BCUT2D eigenvalue weighted by atomic mass is 35.5.